The zero-order valence-electron chi connectivity index (χ0n) is 16.7. The summed E-state index contributed by atoms with van der Waals surface area (Å²) >= 11 is 0. The number of fused-ring (bicyclic) bond motifs is 1. The Balaban J connectivity index is 1.43. The van der Waals surface area contributed by atoms with Crippen LogP contribution in [0.15, 0.2) is 42.6 Å². The van der Waals surface area contributed by atoms with Crippen LogP contribution < -0.4 is 19.7 Å². The number of carbonyl (C=O) groups is 1. The van der Waals surface area contributed by atoms with E-state index in [1.54, 1.807) is 14.2 Å². The average molecular weight is 395 g/mol. The summed E-state index contributed by atoms with van der Waals surface area (Å²) in [5.74, 6) is 2.18. The number of anilines is 1. The van der Waals surface area contributed by atoms with Crippen molar-refractivity contribution in [1.82, 2.24) is 19.9 Å². The van der Waals surface area contributed by atoms with E-state index in [0.29, 0.717) is 13.1 Å². The molecule has 8 heteroatoms. The van der Waals surface area contributed by atoms with Gasteiger partial charge in [0.15, 0.2) is 5.65 Å². The second-order valence-electron chi connectivity index (χ2n) is 7.11. The van der Waals surface area contributed by atoms with E-state index in [1.807, 2.05) is 47.0 Å². The normalized spacial score (nSPS) is 16.6. The summed E-state index contributed by atoms with van der Waals surface area (Å²) in [6.07, 6.45) is 3.74. The molecule has 8 nitrogen and oxygen atoms in total. The number of ether oxygens (including phenoxy) is 2. The summed E-state index contributed by atoms with van der Waals surface area (Å²) in [6, 6.07) is 11.4. The minimum absolute atomic E-state index is 0.0355. The first kappa shape index (κ1) is 19.0. The lowest BCUT2D eigenvalue weighted by atomic mass is 9.97. The highest BCUT2D eigenvalue weighted by Crippen LogP contribution is 2.25. The number of hydrogen-bond acceptors (Lipinski definition) is 6. The van der Waals surface area contributed by atoms with Crippen molar-refractivity contribution >= 4 is 17.5 Å². The second kappa shape index (κ2) is 8.38. The monoisotopic (exact) mass is 395 g/mol. The van der Waals surface area contributed by atoms with Gasteiger partial charge in [0.1, 0.15) is 11.5 Å². The van der Waals surface area contributed by atoms with Crippen LogP contribution in [0.5, 0.6) is 11.5 Å². The molecular formula is C21H25N5O3. The van der Waals surface area contributed by atoms with Gasteiger partial charge in [-0.1, -0.05) is 6.07 Å². The van der Waals surface area contributed by atoms with Crippen molar-refractivity contribution in [2.45, 2.75) is 19.4 Å². The summed E-state index contributed by atoms with van der Waals surface area (Å²) < 4.78 is 12.6. The number of piperidine rings is 1. The number of pyridine rings is 1. The first-order valence-electron chi connectivity index (χ1n) is 9.73. The van der Waals surface area contributed by atoms with Crippen molar-refractivity contribution in [1.29, 1.82) is 0 Å². The predicted molar refractivity (Wildman–Crippen MR) is 109 cm³/mol. The third-order valence-corrected chi connectivity index (χ3v) is 5.31. The summed E-state index contributed by atoms with van der Waals surface area (Å²) in [6.45, 7) is 1.88. The van der Waals surface area contributed by atoms with E-state index in [1.165, 1.54) is 0 Å². The Morgan fingerprint density at radius 2 is 2.10 bits per heavy atom. The van der Waals surface area contributed by atoms with Crippen molar-refractivity contribution in [3.8, 4) is 11.5 Å². The zero-order valence-corrected chi connectivity index (χ0v) is 16.7. The lowest BCUT2D eigenvalue weighted by molar-refractivity contribution is -0.125. The summed E-state index contributed by atoms with van der Waals surface area (Å²) in [7, 11) is 3.24. The molecule has 0 spiro atoms. The minimum atomic E-state index is -0.101. The second-order valence-corrected chi connectivity index (χ2v) is 7.11. The first-order valence-corrected chi connectivity index (χ1v) is 9.73. The van der Waals surface area contributed by atoms with Gasteiger partial charge >= 0.3 is 0 Å². The number of carbonyl (C=O) groups excluding carboxylic acids is 1. The minimum Gasteiger partial charge on any atom is -0.497 e. The Labute approximate surface area is 169 Å². The van der Waals surface area contributed by atoms with Crippen LogP contribution in [0.4, 0.5) is 5.95 Å². The van der Waals surface area contributed by atoms with Crippen LogP contribution in [0.1, 0.15) is 18.4 Å². The first-order chi connectivity index (χ1) is 14.2. The van der Waals surface area contributed by atoms with Crippen LogP contribution in [-0.2, 0) is 11.3 Å². The van der Waals surface area contributed by atoms with E-state index in [2.05, 4.69) is 20.4 Å². The molecule has 0 radical (unpaired) electrons. The predicted octanol–water partition coefficient (Wildman–Crippen LogP) is 2.28. The van der Waals surface area contributed by atoms with Gasteiger partial charge in [-0.2, -0.15) is 0 Å². The molecule has 1 fully saturated rings. The number of nitrogens with one attached hydrogen (secondary N) is 1. The highest BCUT2D eigenvalue weighted by molar-refractivity contribution is 5.79. The SMILES string of the molecule is COc1ccc(OC)c(CNC(=O)[C@H]2CCCN(c3nnc4ccccn34)C2)c1. The topological polar surface area (TPSA) is 81.0 Å². The summed E-state index contributed by atoms with van der Waals surface area (Å²) in [5, 5.41) is 11.6. The smallest absolute Gasteiger partial charge is 0.231 e. The number of hydrogen-bond donors (Lipinski definition) is 1. The molecule has 3 heterocycles. The quantitative estimate of drug-likeness (QED) is 0.690. The fourth-order valence-corrected chi connectivity index (χ4v) is 3.76. The molecule has 0 unspecified atom stereocenters. The van der Waals surface area contributed by atoms with Crippen molar-refractivity contribution in [2.75, 3.05) is 32.2 Å². The maximum absolute atomic E-state index is 12.9. The van der Waals surface area contributed by atoms with Crippen molar-refractivity contribution in [2.24, 2.45) is 5.92 Å². The highest BCUT2D eigenvalue weighted by Gasteiger charge is 2.28. The number of methoxy groups -OCH3 is 2. The van der Waals surface area contributed by atoms with Gasteiger partial charge in [-0.25, -0.2) is 0 Å². The zero-order chi connectivity index (χ0) is 20.2. The molecule has 1 N–H and O–H groups in total. The standard InChI is InChI=1S/C21H25N5O3/c1-28-17-8-9-18(29-2)16(12-17)13-22-20(27)15-6-5-10-25(14-15)21-24-23-19-7-3-4-11-26(19)21/h3-4,7-9,11-12,15H,5-6,10,13-14H2,1-2H3,(H,22,27)/t15-/m0/s1. The van der Waals surface area contributed by atoms with E-state index >= 15 is 0 Å². The van der Waals surface area contributed by atoms with Gasteiger partial charge < -0.3 is 19.7 Å². The van der Waals surface area contributed by atoms with Gasteiger partial charge in [0, 0.05) is 31.4 Å². The van der Waals surface area contributed by atoms with Gasteiger partial charge in [-0.05, 0) is 43.2 Å². The molecule has 1 saturated heterocycles. The van der Waals surface area contributed by atoms with E-state index in [9.17, 15) is 4.79 Å². The third kappa shape index (κ3) is 3.96. The number of aromatic nitrogens is 3. The molecule has 0 bridgehead atoms. The molecule has 1 amide bonds. The molecule has 4 rings (SSSR count). The Hall–Kier alpha value is -3.29. The molecule has 1 aliphatic rings. The third-order valence-electron chi connectivity index (χ3n) is 5.31. The van der Waals surface area contributed by atoms with Gasteiger partial charge in [0.2, 0.25) is 11.9 Å². The lowest BCUT2D eigenvalue weighted by Crippen LogP contribution is -2.43. The Bertz CT molecular complexity index is 1000. The Morgan fingerprint density at radius 3 is 2.93 bits per heavy atom. The fourth-order valence-electron chi connectivity index (χ4n) is 3.76. The molecule has 3 aromatic rings. The van der Waals surface area contributed by atoms with Crippen LogP contribution in [0.2, 0.25) is 0 Å². The molecule has 152 valence electrons. The maximum Gasteiger partial charge on any atom is 0.231 e. The maximum atomic E-state index is 12.9. The van der Waals surface area contributed by atoms with E-state index in [-0.39, 0.29) is 11.8 Å². The van der Waals surface area contributed by atoms with Crippen LogP contribution in [-0.4, -0.2) is 47.8 Å². The van der Waals surface area contributed by atoms with Crippen LogP contribution in [0.3, 0.4) is 0 Å². The van der Waals surface area contributed by atoms with Gasteiger partial charge in [0.05, 0.1) is 20.1 Å². The molecule has 0 aliphatic carbocycles. The van der Waals surface area contributed by atoms with E-state index in [4.69, 9.17) is 9.47 Å². The van der Waals surface area contributed by atoms with Crippen molar-refractivity contribution < 1.29 is 14.3 Å². The van der Waals surface area contributed by atoms with Gasteiger partial charge in [-0.3, -0.25) is 9.20 Å². The van der Waals surface area contributed by atoms with Gasteiger partial charge in [0.25, 0.3) is 0 Å². The largest absolute Gasteiger partial charge is 0.497 e. The number of benzene rings is 1. The lowest BCUT2D eigenvalue weighted by Gasteiger charge is -2.32. The van der Waals surface area contributed by atoms with Crippen molar-refractivity contribution in [3.05, 3.63) is 48.2 Å². The molecule has 1 aromatic carbocycles. The highest BCUT2D eigenvalue weighted by atomic mass is 16.5. The Morgan fingerprint density at radius 1 is 1.21 bits per heavy atom. The molecule has 1 atom stereocenters. The van der Waals surface area contributed by atoms with Crippen molar-refractivity contribution in [3.63, 3.8) is 0 Å². The van der Waals surface area contributed by atoms with Crippen LogP contribution in [0, 0.1) is 5.92 Å². The molecule has 29 heavy (non-hydrogen) atoms. The van der Waals surface area contributed by atoms with Crippen LogP contribution >= 0.6 is 0 Å². The number of rotatable bonds is 6. The molecular weight excluding hydrogens is 370 g/mol. The van der Waals surface area contributed by atoms with Crippen LogP contribution in [0.25, 0.3) is 5.65 Å². The Kier molecular flexibility index (Phi) is 5.50. The van der Waals surface area contributed by atoms with E-state index in [0.717, 1.165) is 48.0 Å². The molecule has 1 aliphatic heterocycles. The van der Waals surface area contributed by atoms with Gasteiger partial charge in [-0.15, -0.1) is 10.2 Å². The number of amides is 1. The average Bonchev–Trinajstić information content (AvgIpc) is 3.21. The molecule has 2 aromatic heterocycles. The fraction of sp³-hybridized carbons (Fsp3) is 0.381. The molecule has 0 saturated carbocycles. The summed E-state index contributed by atoms with van der Waals surface area (Å²) in [4.78, 5) is 15.0. The number of nitrogens with zero attached hydrogens (tertiary/aromatic N) is 4. The summed E-state index contributed by atoms with van der Waals surface area (Å²) in [5.41, 5.74) is 1.69. The van der Waals surface area contributed by atoms with E-state index < -0.39 is 0 Å².